The molecule has 2 fully saturated rings. The van der Waals surface area contributed by atoms with Gasteiger partial charge in [0.15, 0.2) is 0 Å². The van der Waals surface area contributed by atoms with Crippen molar-refractivity contribution in [1.29, 1.82) is 0 Å². The number of rotatable bonds is 6. The molecule has 2 aliphatic heterocycles. The highest BCUT2D eigenvalue weighted by Gasteiger charge is 2.29. The molecular weight excluding hydrogens is 428 g/mol. The maximum absolute atomic E-state index is 12.9. The summed E-state index contributed by atoms with van der Waals surface area (Å²) in [5, 5.41) is 3.03. The molecule has 2 saturated heterocycles. The van der Waals surface area contributed by atoms with Crippen LogP contribution < -0.4 is 10.2 Å². The van der Waals surface area contributed by atoms with E-state index in [0.29, 0.717) is 44.3 Å². The second kappa shape index (κ2) is 9.99. The third kappa shape index (κ3) is 5.29. The number of carbonyl (C=O) groups excluding carboxylic acids is 1. The molecule has 172 valence electrons. The predicted octanol–water partition coefficient (Wildman–Crippen LogP) is 1.78. The third-order valence-electron chi connectivity index (χ3n) is 5.89. The molecule has 4 rings (SSSR count). The minimum Gasteiger partial charge on any atom is -0.378 e. The van der Waals surface area contributed by atoms with Gasteiger partial charge < -0.3 is 15.0 Å². The lowest BCUT2D eigenvalue weighted by atomic mass is 10.2. The summed E-state index contributed by atoms with van der Waals surface area (Å²) >= 11 is 0. The Balaban J connectivity index is 1.32. The lowest BCUT2D eigenvalue weighted by molar-refractivity contribution is -0.117. The fourth-order valence-corrected chi connectivity index (χ4v) is 5.46. The van der Waals surface area contributed by atoms with Crippen LogP contribution >= 0.6 is 0 Å². The Hall–Kier alpha value is -2.46. The Morgan fingerprint density at radius 2 is 1.59 bits per heavy atom. The van der Waals surface area contributed by atoms with E-state index in [0.717, 1.165) is 30.0 Å². The molecule has 2 heterocycles. The van der Waals surface area contributed by atoms with Crippen LogP contribution in [-0.2, 0) is 19.6 Å². The number of anilines is 2. The van der Waals surface area contributed by atoms with E-state index >= 15 is 0 Å². The van der Waals surface area contributed by atoms with Gasteiger partial charge in [0.25, 0.3) is 0 Å². The van der Waals surface area contributed by atoms with Gasteiger partial charge in [-0.25, -0.2) is 8.42 Å². The van der Waals surface area contributed by atoms with Gasteiger partial charge in [-0.1, -0.05) is 29.8 Å². The molecule has 1 amide bonds. The van der Waals surface area contributed by atoms with Crippen LogP contribution in [0.5, 0.6) is 0 Å². The summed E-state index contributed by atoms with van der Waals surface area (Å²) in [6.07, 6.45) is 0. The number of hydrogen-bond donors (Lipinski definition) is 1. The normalized spacial score (nSPS) is 18.5. The van der Waals surface area contributed by atoms with Crippen LogP contribution in [0.3, 0.4) is 0 Å². The number of sulfonamides is 1. The number of aryl methyl sites for hydroxylation is 1. The molecule has 0 unspecified atom stereocenters. The minimum absolute atomic E-state index is 0.0967. The van der Waals surface area contributed by atoms with E-state index in [1.807, 2.05) is 48.2 Å². The highest BCUT2D eigenvalue weighted by molar-refractivity contribution is 7.89. The van der Waals surface area contributed by atoms with Gasteiger partial charge in [0.2, 0.25) is 15.9 Å². The van der Waals surface area contributed by atoms with E-state index in [4.69, 9.17) is 4.74 Å². The van der Waals surface area contributed by atoms with Crippen molar-refractivity contribution < 1.29 is 17.9 Å². The predicted molar refractivity (Wildman–Crippen MR) is 124 cm³/mol. The number of benzene rings is 2. The van der Waals surface area contributed by atoms with Crippen LogP contribution in [-0.4, -0.2) is 82.6 Å². The van der Waals surface area contributed by atoms with Crippen LogP contribution in [0.15, 0.2) is 53.4 Å². The van der Waals surface area contributed by atoms with Crippen molar-refractivity contribution in [1.82, 2.24) is 9.21 Å². The van der Waals surface area contributed by atoms with E-state index in [1.54, 1.807) is 12.1 Å². The molecule has 9 heteroatoms. The van der Waals surface area contributed by atoms with Crippen molar-refractivity contribution in [3.63, 3.8) is 0 Å². The van der Waals surface area contributed by atoms with Gasteiger partial charge in [0.05, 0.1) is 36.0 Å². The number of nitrogens with zero attached hydrogens (tertiary/aromatic N) is 3. The Morgan fingerprint density at radius 1 is 0.938 bits per heavy atom. The zero-order valence-corrected chi connectivity index (χ0v) is 19.2. The quantitative estimate of drug-likeness (QED) is 0.711. The first-order valence-corrected chi connectivity index (χ1v) is 12.4. The molecule has 0 bridgehead atoms. The van der Waals surface area contributed by atoms with E-state index in [2.05, 4.69) is 10.2 Å². The summed E-state index contributed by atoms with van der Waals surface area (Å²) in [5.41, 5.74) is 2.81. The molecule has 2 aromatic carbocycles. The van der Waals surface area contributed by atoms with Crippen LogP contribution in [0, 0.1) is 6.92 Å². The highest BCUT2D eigenvalue weighted by atomic mass is 32.2. The number of nitrogens with one attached hydrogen (secondary N) is 1. The van der Waals surface area contributed by atoms with Gasteiger partial charge in [-0.05, 0) is 31.2 Å². The van der Waals surface area contributed by atoms with E-state index in [1.165, 1.54) is 4.31 Å². The fraction of sp³-hybridized carbons (Fsp3) is 0.435. The summed E-state index contributed by atoms with van der Waals surface area (Å²) in [4.78, 5) is 17.2. The molecule has 0 aliphatic carbocycles. The molecule has 8 nitrogen and oxygen atoms in total. The molecule has 1 N–H and O–H groups in total. The molecule has 2 aromatic rings. The smallest absolute Gasteiger partial charge is 0.243 e. The van der Waals surface area contributed by atoms with Gasteiger partial charge in [-0.15, -0.1) is 0 Å². The summed E-state index contributed by atoms with van der Waals surface area (Å²) in [6.45, 7) is 6.88. The average molecular weight is 459 g/mol. The number of para-hydroxylation sites is 2. The van der Waals surface area contributed by atoms with E-state index < -0.39 is 10.0 Å². The van der Waals surface area contributed by atoms with E-state index in [-0.39, 0.29) is 12.5 Å². The standard InChI is InChI=1S/C23H30N4O4S/c1-19-6-8-20(9-7-19)32(29,30)27-12-10-25(11-13-27)18-23(28)24-21-4-2-3-5-22(21)26-14-16-31-17-15-26/h2-9H,10-18H2,1H3,(H,24,28). The van der Waals surface area contributed by atoms with Gasteiger partial charge in [0, 0.05) is 39.3 Å². The number of amides is 1. The van der Waals surface area contributed by atoms with Gasteiger partial charge >= 0.3 is 0 Å². The third-order valence-corrected chi connectivity index (χ3v) is 7.80. The molecular formula is C23H30N4O4S. The molecule has 2 aliphatic rings. The molecule has 0 saturated carbocycles. The van der Waals surface area contributed by atoms with Crippen molar-refractivity contribution in [3.05, 3.63) is 54.1 Å². The molecule has 0 atom stereocenters. The fourth-order valence-electron chi connectivity index (χ4n) is 4.04. The average Bonchev–Trinajstić information content (AvgIpc) is 2.80. The SMILES string of the molecule is Cc1ccc(S(=O)(=O)N2CCN(CC(=O)Nc3ccccc3N3CCOCC3)CC2)cc1. The van der Waals surface area contributed by atoms with Crippen LogP contribution in [0.2, 0.25) is 0 Å². The van der Waals surface area contributed by atoms with E-state index in [9.17, 15) is 13.2 Å². The molecule has 32 heavy (non-hydrogen) atoms. The summed E-state index contributed by atoms with van der Waals surface area (Å²) in [7, 11) is -3.51. The monoisotopic (exact) mass is 458 g/mol. The summed E-state index contributed by atoms with van der Waals surface area (Å²) in [6, 6.07) is 14.7. The zero-order valence-electron chi connectivity index (χ0n) is 18.4. The Labute approximate surface area is 189 Å². The lowest BCUT2D eigenvalue weighted by Gasteiger charge is -2.34. The second-order valence-electron chi connectivity index (χ2n) is 8.16. The number of hydrogen-bond acceptors (Lipinski definition) is 6. The molecule has 0 spiro atoms. The Kier molecular flexibility index (Phi) is 7.10. The lowest BCUT2D eigenvalue weighted by Crippen LogP contribution is -2.50. The van der Waals surface area contributed by atoms with Crippen molar-refractivity contribution in [2.24, 2.45) is 0 Å². The molecule has 0 aromatic heterocycles. The van der Waals surface area contributed by atoms with Crippen LogP contribution in [0.1, 0.15) is 5.56 Å². The summed E-state index contributed by atoms with van der Waals surface area (Å²) in [5.74, 6) is -0.0967. The van der Waals surface area contributed by atoms with Crippen molar-refractivity contribution in [3.8, 4) is 0 Å². The second-order valence-corrected chi connectivity index (χ2v) is 10.1. The topological polar surface area (TPSA) is 82.2 Å². The number of ether oxygens (including phenoxy) is 1. The van der Waals surface area contributed by atoms with Crippen LogP contribution in [0.25, 0.3) is 0 Å². The largest absolute Gasteiger partial charge is 0.378 e. The van der Waals surface area contributed by atoms with Crippen LogP contribution in [0.4, 0.5) is 11.4 Å². The van der Waals surface area contributed by atoms with Crippen molar-refractivity contribution in [2.75, 3.05) is 69.2 Å². The first kappa shape index (κ1) is 22.7. The zero-order chi connectivity index (χ0) is 22.6. The van der Waals surface area contributed by atoms with Crippen molar-refractivity contribution >= 4 is 27.3 Å². The highest BCUT2D eigenvalue weighted by Crippen LogP contribution is 2.26. The first-order valence-electron chi connectivity index (χ1n) is 10.9. The first-order chi connectivity index (χ1) is 15.4. The number of carbonyl (C=O) groups is 1. The maximum Gasteiger partial charge on any atom is 0.243 e. The Bertz CT molecular complexity index is 1030. The number of piperazine rings is 1. The minimum atomic E-state index is -3.51. The van der Waals surface area contributed by atoms with Gasteiger partial charge in [-0.3, -0.25) is 9.69 Å². The summed E-state index contributed by atoms with van der Waals surface area (Å²) < 4.78 is 32.7. The Morgan fingerprint density at radius 3 is 2.28 bits per heavy atom. The van der Waals surface area contributed by atoms with Gasteiger partial charge in [-0.2, -0.15) is 4.31 Å². The number of morpholine rings is 1. The maximum atomic E-state index is 12.9. The van der Waals surface area contributed by atoms with Gasteiger partial charge in [0.1, 0.15) is 0 Å². The van der Waals surface area contributed by atoms with Crippen molar-refractivity contribution in [2.45, 2.75) is 11.8 Å². The molecule has 0 radical (unpaired) electrons.